The van der Waals surface area contributed by atoms with E-state index in [-0.39, 0.29) is 18.8 Å². The molecule has 0 N–H and O–H groups in total. The molecule has 0 fully saturated rings. The molecule has 134 valence electrons. The number of carbonyl (C=O) groups is 3. The highest BCUT2D eigenvalue weighted by Crippen LogP contribution is 2.15. The largest absolute Gasteiger partial charge is 0.490 e. The standard InChI is InChI=1S/C18H20O7/c1-12(2)16(19)25-10-9-24-14-7-5-13(6-8-14)11-15(17(20)22-3)18(21)23-4/h5-8,11H,1,9-10H2,2-4H3. The quantitative estimate of drug-likeness (QED) is 0.177. The van der Waals surface area contributed by atoms with Crippen LogP contribution >= 0.6 is 0 Å². The van der Waals surface area contributed by atoms with Crippen molar-refractivity contribution in [2.24, 2.45) is 0 Å². The van der Waals surface area contributed by atoms with Crippen LogP contribution in [-0.4, -0.2) is 45.3 Å². The lowest BCUT2D eigenvalue weighted by atomic mass is 10.1. The Morgan fingerprint density at radius 3 is 2.00 bits per heavy atom. The Hall–Kier alpha value is -3.09. The monoisotopic (exact) mass is 348 g/mol. The number of rotatable bonds is 8. The number of hydrogen-bond donors (Lipinski definition) is 0. The second-order valence-electron chi connectivity index (χ2n) is 4.87. The predicted molar refractivity (Wildman–Crippen MR) is 89.7 cm³/mol. The summed E-state index contributed by atoms with van der Waals surface area (Å²) >= 11 is 0. The molecule has 1 aromatic carbocycles. The topological polar surface area (TPSA) is 88.1 Å². The molecule has 0 unspecified atom stereocenters. The van der Waals surface area contributed by atoms with E-state index < -0.39 is 17.9 Å². The molecule has 0 radical (unpaired) electrons. The molecule has 0 aliphatic carbocycles. The lowest BCUT2D eigenvalue weighted by molar-refractivity contribution is -0.144. The van der Waals surface area contributed by atoms with Crippen molar-refractivity contribution in [1.82, 2.24) is 0 Å². The van der Waals surface area contributed by atoms with Crippen molar-refractivity contribution in [3.63, 3.8) is 0 Å². The molecule has 0 aliphatic rings. The van der Waals surface area contributed by atoms with Crippen LogP contribution in [0.25, 0.3) is 6.08 Å². The van der Waals surface area contributed by atoms with Crippen molar-refractivity contribution in [2.75, 3.05) is 27.4 Å². The van der Waals surface area contributed by atoms with Gasteiger partial charge in [-0.2, -0.15) is 0 Å². The molecular weight excluding hydrogens is 328 g/mol. The summed E-state index contributed by atoms with van der Waals surface area (Å²) in [6.45, 7) is 5.32. The molecule has 0 saturated heterocycles. The number of benzene rings is 1. The summed E-state index contributed by atoms with van der Waals surface area (Å²) in [6, 6.07) is 6.61. The second kappa shape index (κ2) is 9.92. The molecule has 1 aromatic rings. The Labute approximate surface area is 145 Å². The third-order valence-electron chi connectivity index (χ3n) is 2.94. The van der Waals surface area contributed by atoms with Gasteiger partial charge in [-0.25, -0.2) is 14.4 Å². The lowest BCUT2D eigenvalue weighted by Gasteiger charge is -2.08. The molecule has 0 aromatic heterocycles. The summed E-state index contributed by atoms with van der Waals surface area (Å²) in [7, 11) is 2.35. The number of ether oxygens (including phenoxy) is 4. The molecule has 7 nitrogen and oxygen atoms in total. The zero-order valence-electron chi connectivity index (χ0n) is 14.4. The number of methoxy groups -OCH3 is 2. The van der Waals surface area contributed by atoms with Crippen molar-refractivity contribution >= 4 is 24.0 Å². The maximum absolute atomic E-state index is 11.6. The van der Waals surface area contributed by atoms with Crippen molar-refractivity contribution in [1.29, 1.82) is 0 Å². The zero-order valence-corrected chi connectivity index (χ0v) is 14.4. The third kappa shape index (κ3) is 6.50. The van der Waals surface area contributed by atoms with Gasteiger partial charge in [0.25, 0.3) is 0 Å². The molecule has 0 bridgehead atoms. The fourth-order valence-corrected chi connectivity index (χ4v) is 1.67. The minimum atomic E-state index is -0.786. The normalized spacial score (nSPS) is 9.56. The molecule has 0 aliphatic heterocycles. The number of esters is 3. The maximum Gasteiger partial charge on any atom is 0.345 e. The van der Waals surface area contributed by atoms with Crippen LogP contribution in [0, 0.1) is 0 Å². The van der Waals surface area contributed by atoms with Gasteiger partial charge in [0.05, 0.1) is 14.2 Å². The average molecular weight is 348 g/mol. The Morgan fingerprint density at radius 2 is 1.52 bits per heavy atom. The summed E-state index contributed by atoms with van der Waals surface area (Å²) in [6.07, 6.45) is 1.36. The van der Waals surface area contributed by atoms with Crippen molar-refractivity contribution < 1.29 is 33.3 Å². The van der Waals surface area contributed by atoms with E-state index in [1.807, 2.05) is 0 Å². The first-order valence-electron chi connectivity index (χ1n) is 7.32. The van der Waals surface area contributed by atoms with Gasteiger partial charge in [0.2, 0.25) is 0 Å². The number of hydrogen-bond acceptors (Lipinski definition) is 7. The van der Waals surface area contributed by atoms with Crippen LogP contribution < -0.4 is 4.74 Å². The van der Waals surface area contributed by atoms with Gasteiger partial charge in [0, 0.05) is 5.57 Å². The minimum absolute atomic E-state index is 0.0994. The molecular formula is C18H20O7. The van der Waals surface area contributed by atoms with Crippen LogP contribution in [0.4, 0.5) is 0 Å². The molecule has 0 atom stereocenters. The van der Waals surface area contributed by atoms with Crippen LogP contribution in [0.1, 0.15) is 12.5 Å². The van der Waals surface area contributed by atoms with Gasteiger partial charge in [-0.15, -0.1) is 0 Å². The van der Waals surface area contributed by atoms with Crippen LogP contribution in [0.2, 0.25) is 0 Å². The average Bonchev–Trinajstić information content (AvgIpc) is 2.62. The van der Waals surface area contributed by atoms with Gasteiger partial charge in [-0.3, -0.25) is 0 Å². The highest BCUT2D eigenvalue weighted by Gasteiger charge is 2.19. The van der Waals surface area contributed by atoms with E-state index in [2.05, 4.69) is 16.1 Å². The van der Waals surface area contributed by atoms with Crippen LogP contribution in [0.5, 0.6) is 5.75 Å². The van der Waals surface area contributed by atoms with E-state index in [9.17, 15) is 14.4 Å². The zero-order chi connectivity index (χ0) is 18.8. The van der Waals surface area contributed by atoms with E-state index >= 15 is 0 Å². The van der Waals surface area contributed by atoms with Crippen LogP contribution in [0.3, 0.4) is 0 Å². The van der Waals surface area contributed by atoms with Gasteiger partial charge in [0.1, 0.15) is 24.5 Å². The lowest BCUT2D eigenvalue weighted by Crippen LogP contribution is -2.15. The molecule has 0 amide bonds. The summed E-state index contributed by atoms with van der Waals surface area (Å²) in [5.41, 5.74) is 0.695. The Kier molecular flexibility index (Phi) is 7.92. The van der Waals surface area contributed by atoms with Crippen molar-refractivity contribution in [2.45, 2.75) is 6.92 Å². The Balaban J connectivity index is 2.67. The Bertz CT molecular complexity index is 653. The van der Waals surface area contributed by atoms with Gasteiger partial charge in [-0.05, 0) is 30.7 Å². The van der Waals surface area contributed by atoms with Crippen molar-refractivity contribution in [3.05, 3.63) is 47.6 Å². The SMILES string of the molecule is C=C(C)C(=O)OCCOc1ccc(C=C(C(=O)OC)C(=O)OC)cc1. The fourth-order valence-electron chi connectivity index (χ4n) is 1.67. The second-order valence-corrected chi connectivity index (χ2v) is 4.87. The van der Waals surface area contributed by atoms with E-state index in [0.29, 0.717) is 16.9 Å². The number of carbonyl (C=O) groups excluding carboxylic acids is 3. The van der Waals surface area contributed by atoms with Gasteiger partial charge < -0.3 is 18.9 Å². The summed E-state index contributed by atoms with van der Waals surface area (Å²) in [5, 5.41) is 0. The molecule has 1 rings (SSSR count). The van der Waals surface area contributed by atoms with Crippen LogP contribution in [0.15, 0.2) is 42.0 Å². The predicted octanol–water partition coefficient (Wildman–Crippen LogP) is 1.91. The molecule has 0 saturated carbocycles. The van der Waals surface area contributed by atoms with E-state index in [0.717, 1.165) is 0 Å². The highest BCUT2D eigenvalue weighted by atomic mass is 16.6. The molecule has 0 heterocycles. The third-order valence-corrected chi connectivity index (χ3v) is 2.94. The summed E-state index contributed by atoms with van der Waals surface area (Å²) in [4.78, 5) is 34.4. The van der Waals surface area contributed by atoms with E-state index in [4.69, 9.17) is 9.47 Å². The molecule has 25 heavy (non-hydrogen) atoms. The molecule has 7 heteroatoms. The first kappa shape index (κ1) is 20.0. The Morgan fingerprint density at radius 1 is 0.960 bits per heavy atom. The first-order valence-corrected chi connectivity index (χ1v) is 7.32. The smallest absolute Gasteiger partial charge is 0.345 e. The molecule has 0 spiro atoms. The van der Waals surface area contributed by atoms with Crippen molar-refractivity contribution in [3.8, 4) is 5.75 Å². The first-order chi connectivity index (χ1) is 11.9. The van der Waals surface area contributed by atoms with E-state index in [1.54, 1.807) is 31.2 Å². The maximum atomic E-state index is 11.6. The van der Waals surface area contributed by atoms with Crippen LogP contribution in [-0.2, 0) is 28.6 Å². The van der Waals surface area contributed by atoms with E-state index in [1.165, 1.54) is 20.3 Å². The fraction of sp³-hybridized carbons (Fsp3) is 0.278. The van der Waals surface area contributed by atoms with Gasteiger partial charge >= 0.3 is 17.9 Å². The van der Waals surface area contributed by atoms with Gasteiger partial charge in [-0.1, -0.05) is 18.7 Å². The highest BCUT2D eigenvalue weighted by molar-refractivity contribution is 6.17. The summed E-state index contributed by atoms with van der Waals surface area (Å²) in [5.74, 6) is -1.50. The minimum Gasteiger partial charge on any atom is -0.490 e. The summed E-state index contributed by atoms with van der Waals surface area (Å²) < 4.78 is 19.4. The van der Waals surface area contributed by atoms with Gasteiger partial charge in [0.15, 0.2) is 0 Å².